The number of hydrogen-bond acceptors (Lipinski definition) is 2. The number of halogens is 6. The fraction of sp³-hybridized carbons (Fsp3) is 0.154. The molecular weight excluding hydrogens is 350 g/mol. The van der Waals surface area contributed by atoms with Gasteiger partial charge in [0.05, 0.1) is 32.9 Å². The van der Waals surface area contributed by atoms with E-state index in [0.29, 0.717) is 0 Å². The minimum atomic E-state index is -4.73. The van der Waals surface area contributed by atoms with E-state index in [1.807, 2.05) is 0 Å². The van der Waals surface area contributed by atoms with Crippen LogP contribution in [-0.2, 0) is 12.8 Å². The highest BCUT2D eigenvalue weighted by atomic mass is 35.5. The van der Waals surface area contributed by atoms with Gasteiger partial charge < -0.3 is 5.11 Å². The Hall–Kier alpha value is -1.01. The third kappa shape index (κ3) is 3.11. The summed E-state index contributed by atoms with van der Waals surface area (Å²) in [6.45, 7) is -0.792. The summed E-state index contributed by atoms with van der Waals surface area (Å²) < 4.78 is 39.8. The Balaban J connectivity index is 2.86. The second kappa shape index (κ2) is 6.01. The van der Waals surface area contributed by atoms with E-state index in [0.717, 1.165) is 12.3 Å². The molecule has 0 amide bonds. The van der Waals surface area contributed by atoms with Crippen LogP contribution in [0.5, 0.6) is 0 Å². The van der Waals surface area contributed by atoms with Gasteiger partial charge in [-0.15, -0.1) is 0 Å². The number of aliphatic hydroxyl groups excluding tert-OH is 1. The van der Waals surface area contributed by atoms with E-state index in [9.17, 15) is 13.2 Å². The van der Waals surface area contributed by atoms with Crippen LogP contribution in [0.25, 0.3) is 11.3 Å². The summed E-state index contributed by atoms with van der Waals surface area (Å²) in [4.78, 5) is 3.73. The first-order valence-corrected chi connectivity index (χ1v) is 6.70. The molecule has 1 aromatic heterocycles. The van der Waals surface area contributed by atoms with Crippen molar-refractivity contribution in [3.63, 3.8) is 0 Å². The molecule has 0 saturated heterocycles. The normalized spacial score (nSPS) is 11.8. The van der Waals surface area contributed by atoms with E-state index in [2.05, 4.69) is 4.98 Å². The van der Waals surface area contributed by atoms with E-state index in [4.69, 9.17) is 39.9 Å². The average Bonchev–Trinajstić information content (AvgIpc) is 2.42. The number of aliphatic hydroxyl groups is 1. The van der Waals surface area contributed by atoms with Gasteiger partial charge in [-0.2, -0.15) is 13.2 Å². The molecule has 0 radical (unpaired) electrons. The summed E-state index contributed by atoms with van der Waals surface area (Å²) in [6, 6.07) is 3.79. The van der Waals surface area contributed by atoms with Crippen molar-refractivity contribution in [3.05, 3.63) is 50.6 Å². The molecule has 0 atom stereocenters. The lowest BCUT2D eigenvalue weighted by Gasteiger charge is -2.17. The summed E-state index contributed by atoms with van der Waals surface area (Å²) in [5, 5.41) is 9.04. The molecule has 0 aliphatic carbocycles. The number of benzene rings is 1. The van der Waals surface area contributed by atoms with Gasteiger partial charge in [0.2, 0.25) is 0 Å². The second-order valence-corrected chi connectivity index (χ2v) is 5.26. The highest BCUT2D eigenvalue weighted by Crippen LogP contribution is 2.44. The molecular formula is C13H7Cl3F3NO. The average molecular weight is 357 g/mol. The topological polar surface area (TPSA) is 33.1 Å². The van der Waals surface area contributed by atoms with E-state index >= 15 is 0 Å². The molecule has 1 heterocycles. The molecule has 0 saturated carbocycles. The van der Waals surface area contributed by atoms with E-state index in [-0.39, 0.29) is 26.2 Å². The second-order valence-electron chi connectivity index (χ2n) is 4.07. The zero-order valence-corrected chi connectivity index (χ0v) is 12.4. The smallest absolute Gasteiger partial charge is 0.392 e. The number of aromatic nitrogens is 1. The predicted molar refractivity (Wildman–Crippen MR) is 75.6 cm³/mol. The molecule has 21 heavy (non-hydrogen) atoms. The van der Waals surface area contributed by atoms with Crippen LogP contribution in [0.15, 0.2) is 24.4 Å². The van der Waals surface area contributed by atoms with Crippen molar-refractivity contribution in [2.45, 2.75) is 12.8 Å². The zero-order valence-electron chi connectivity index (χ0n) is 10.2. The Morgan fingerprint density at radius 3 is 2.24 bits per heavy atom. The first kappa shape index (κ1) is 16.4. The van der Waals surface area contributed by atoms with Gasteiger partial charge in [-0.25, -0.2) is 0 Å². The van der Waals surface area contributed by atoms with Crippen LogP contribution < -0.4 is 0 Å². The van der Waals surface area contributed by atoms with Crippen LogP contribution in [0.3, 0.4) is 0 Å². The number of hydrogen-bond donors (Lipinski definition) is 1. The Labute approximate surface area is 133 Å². The molecule has 0 spiro atoms. The fourth-order valence-corrected chi connectivity index (χ4v) is 2.59. The Morgan fingerprint density at radius 2 is 1.67 bits per heavy atom. The highest BCUT2D eigenvalue weighted by Gasteiger charge is 2.38. The number of nitrogens with zero attached hydrogens (tertiary/aromatic N) is 1. The summed E-state index contributed by atoms with van der Waals surface area (Å²) >= 11 is 17.7. The minimum absolute atomic E-state index is 0.0162. The van der Waals surface area contributed by atoms with Gasteiger partial charge in [-0.1, -0.05) is 34.8 Å². The number of pyridine rings is 1. The Morgan fingerprint density at radius 1 is 1.05 bits per heavy atom. The van der Waals surface area contributed by atoms with Crippen molar-refractivity contribution in [3.8, 4) is 11.3 Å². The van der Waals surface area contributed by atoms with Crippen LogP contribution in [0.2, 0.25) is 15.1 Å². The van der Waals surface area contributed by atoms with E-state index in [1.165, 1.54) is 12.1 Å². The van der Waals surface area contributed by atoms with Gasteiger partial charge in [0.15, 0.2) is 0 Å². The molecule has 8 heteroatoms. The number of rotatable bonds is 2. The van der Waals surface area contributed by atoms with Crippen LogP contribution in [0.4, 0.5) is 13.2 Å². The van der Waals surface area contributed by atoms with Crippen molar-refractivity contribution in [2.24, 2.45) is 0 Å². The van der Waals surface area contributed by atoms with Crippen molar-refractivity contribution in [2.75, 3.05) is 0 Å². The van der Waals surface area contributed by atoms with Crippen molar-refractivity contribution in [1.29, 1.82) is 0 Å². The molecule has 1 aromatic carbocycles. The van der Waals surface area contributed by atoms with Crippen LogP contribution in [0, 0.1) is 0 Å². The lowest BCUT2D eigenvalue weighted by molar-refractivity contribution is -0.138. The molecule has 0 aliphatic heterocycles. The van der Waals surface area contributed by atoms with Gasteiger partial charge in [-0.3, -0.25) is 4.98 Å². The summed E-state index contributed by atoms with van der Waals surface area (Å²) in [5.74, 6) is 0. The molecule has 2 aromatic rings. The maximum absolute atomic E-state index is 13.3. The third-order valence-electron chi connectivity index (χ3n) is 2.77. The Kier molecular flexibility index (Phi) is 4.68. The molecule has 2 nitrogen and oxygen atoms in total. The highest BCUT2D eigenvalue weighted by molar-refractivity contribution is 6.46. The van der Waals surface area contributed by atoms with Crippen LogP contribution >= 0.6 is 34.8 Å². The van der Waals surface area contributed by atoms with Gasteiger partial charge in [0.25, 0.3) is 0 Å². The van der Waals surface area contributed by atoms with Gasteiger partial charge in [0.1, 0.15) is 0 Å². The van der Waals surface area contributed by atoms with Crippen molar-refractivity contribution >= 4 is 34.8 Å². The predicted octanol–water partition coefficient (Wildman–Crippen LogP) is 5.22. The molecule has 0 bridgehead atoms. The summed E-state index contributed by atoms with van der Waals surface area (Å²) in [7, 11) is 0. The van der Waals surface area contributed by atoms with E-state index < -0.39 is 24.0 Å². The standard InChI is InChI=1S/C13H7Cl3F3NO/c14-7-1-2-8(15)11(16)9(7)12-10(13(17,18)19)6(5-21)3-4-20-12/h1-4,21H,5H2. The third-order valence-corrected chi connectivity index (χ3v) is 3.89. The Bertz CT molecular complexity index is 689. The van der Waals surface area contributed by atoms with Crippen molar-refractivity contribution in [1.82, 2.24) is 4.98 Å². The summed E-state index contributed by atoms with van der Waals surface area (Å²) in [5.41, 5.74) is -1.99. The largest absolute Gasteiger partial charge is 0.418 e. The lowest BCUT2D eigenvalue weighted by atomic mass is 10.0. The zero-order chi connectivity index (χ0) is 15.8. The van der Waals surface area contributed by atoms with Gasteiger partial charge >= 0.3 is 6.18 Å². The minimum Gasteiger partial charge on any atom is -0.392 e. The van der Waals surface area contributed by atoms with Crippen molar-refractivity contribution < 1.29 is 18.3 Å². The maximum atomic E-state index is 13.3. The molecule has 0 fully saturated rings. The van der Waals surface area contributed by atoms with Crippen LogP contribution in [0.1, 0.15) is 11.1 Å². The number of alkyl halides is 3. The molecule has 0 unspecified atom stereocenters. The molecule has 112 valence electrons. The van der Waals surface area contributed by atoms with Gasteiger partial charge in [-0.05, 0) is 23.8 Å². The van der Waals surface area contributed by atoms with Crippen LogP contribution in [-0.4, -0.2) is 10.1 Å². The maximum Gasteiger partial charge on any atom is 0.418 e. The first-order valence-electron chi connectivity index (χ1n) is 5.57. The summed E-state index contributed by atoms with van der Waals surface area (Å²) in [6.07, 6.45) is -3.58. The monoisotopic (exact) mass is 355 g/mol. The first-order chi connectivity index (χ1) is 9.77. The molecule has 2 rings (SSSR count). The SMILES string of the molecule is OCc1ccnc(-c2c(Cl)ccc(Cl)c2Cl)c1C(F)(F)F. The fourth-order valence-electron chi connectivity index (χ4n) is 1.88. The van der Waals surface area contributed by atoms with Gasteiger partial charge in [0, 0.05) is 11.8 Å². The molecule has 0 aliphatic rings. The van der Waals surface area contributed by atoms with E-state index in [1.54, 1.807) is 0 Å². The quantitative estimate of drug-likeness (QED) is 0.748. The lowest BCUT2D eigenvalue weighted by Crippen LogP contribution is -2.13. The molecule has 1 N–H and O–H groups in total.